The maximum Gasteiger partial charge on any atom is 0.508 e. The first-order chi connectivity index (χ1) is 47.8. The lowest BCUT2D eigenvalue weighted by Gasteiger charge is -2.22. The van der Waals surface area contributed by atoms with Crippen molar-refractivity contribution in [3.8, 4) is 0 Å². The predicted octanol–water partition coefficient (Wildman–Crippen LogP) is 10.9. The zero-order chi connectivity index (χ0) is 72.1. The Morgan fingerprint density at radius 1 is 0.204 bits per heavy atom. The predicted molar refractivity (Wildman–Crippen MR) is 358 cm³/mol. The van der Waals surface area contributed by atoms with E-state index >= 15 is 0 Å². The van der Waals surface area contributed by atoms with Gasteiger partial charge in [0, 0.05) is 62.3 Å². The fourth-order valence-corrected chi connectivity index (χ4v) is 7.86. The van der Waals surface area contributed by atoms with Gasteiger partial charge in [-0.25, -0.2) is 38.4 Å². The third kappa shape index (κ3) is 72.3. The van der Waals surface area contributed by atoms with Gasteiger partial charge in [-0.05, 0) is 77.0 Å². The van der Waals surface area contributed by atoms with Crippen molar-refractivity contribution >= 4 is 72.8 Å². The van der Waals surface area contributed by atoms with Gasteiger partial charge in [0.1, 0.15) is 66.1 Å². The van der Waals surface area contributed by atoms with E-state index in [4.69, 9.17) is 104 Å². The molecule has 0 atom stereocenters. The molecule has 0 aliphatic rings. The normalized spacial score (nSPS) is 10.2. The Labute approximate surface area is 584 Å². The van der Waals surface area contributed by atoms with Crippen molar-refractivity contribution in [2.75, 3.05) is 208 Å². The SMILES string of the molecule is C=COCCCCOC(=O)OCCN(CCOC(=O)OCCCCOC=C)CCOC(=O)OCCN(CCOC(=O)OCCCCOC=C)CCOC(=O)OCCCCOC=C.C=COCCCCOC(=O)OCCSCCOC(=O)OCCSCCOC(=O)OCCCCOC=C. The van der Waals surface area contributed by atoms with Gasteiger partial charge in [0.25, 0.3) is 0 Å². The summed E-state index contributed by atoms with van der Waals surface area (Å²) in [5, 5.41) is 0. The number of hydrogen-bond acceptors (Lipinski definition) is 34. The maximum absolute atomic E-state index is 12.5. The van der Waals surface area contributed by atoms with E-state index in [2.05, 4.69) is 39.5 Å². The van der Waals surface area contributed by atoms with Crippen LogP contribution < -0.4 is 0 Å². The van der Waals surface area contributed by atoms with Crippen molar-refractivity contribution in [1.29, 1.82) is 0 Å². The van der Waals surface area contributed by atoms with Gasteiger partial charge in [-0.1, -0.05) is 39.5 Å². The zero-order valence-corrected chi connectivity index (χ0v) is 58.4. The van der Waals surface area contributed by atoms with Gasteiger partial charge in [-0.15, -0.1) is 0 Å². The van der Waals surface area contributed by atoms with Crippen molar-refractivity contribution in [1.82, 2.24) is 9.80 Å². The molecule has 0 rings (SSSR count). The first-order valence-corrected chi connectivity index (χ1v) is 34.5. The zero-order valence-electron chi connectivity index (χ0n) is 56.8. The lowest BCUT2D eigenvalue weighted by Crippen LogP contribution is -2.36. The third-order valence-electron chi connectivity index (χ3n) is 11.5. The fraction of sp³-hybridized carbons (Fsp3) is 0.688. The number of thioether (sulfide) groups is 2. The van der Waals surface area contributed by atoms with Crippen LogP contribution in [-0.4, -0.2) is 267 Å². The first kappa shape index (κ1) is 92.1. The van der Waals surface area contributed by atoms with Gasteiger partial charge >= 0.3 is 49.2 Å². The van der Waals surface area contributed by atoms with Crippen LogP contribution in [0.5, 0.6) is 0 Å². The van der Waals surface area contributed by atoms with Gasteiger partial charge in [0.2, 0.25) is 0 Å². The highest BCUT2D eigenvalue weighted by molar-refractivity contribution is 7.99. The van der Waals surface area contributed by atoms with Gasteiger partial charge in [-0.2, -0.15) is 23.5 Å². The maximum atomic E-state index is 12.5. The molecule has 0 aromatic rings. The number of rotatable bonds is 66. The molecule has 564 valence electrons. The minimum absolute atomic E-state index is 0.0597. The molecule has 0 bridgehead atoms. The summed E-state index contributed by atoms with van der Waals surface area (Å²) in [5.41, 5.74) is 0. The van der Waals surface area contributed by atoms with Crippen molar-refractivity contribution in [2.24, 2.45) is 0 Å². The topological polar surface area (TPSA) is 346 Å². The Hall–Kier alpha value is -7.98. The van der Waals surface area contributed by atoms with Crippen LogP contribution in [0.3, 0.4) is 0 Å². The van der Waals surface area contributed by atoms with E-state index in [0.29, 0.717) is 127 Å². The van der Waals surface area contributed by atoms with Crippen LogP contribution in [0.2, 0.25) is 0 Å². The summed E-state index contributed by atoms with van der Waals surface area (Å²) >= 11 is 2.93. The van der Waals surface area contributed by atoms with Crippen molar-refractivity contribution < 1.29 is 143 Å². The molecule has 32 nitrogen and oxygen atoms in total. The van der Waals surface area contributed by atoms with Crippen LogP contribution >= 0.6 is 23.5 Å². The van der Waals surface area contributed by atoms with Gasteiger partial charge in [-0.3, -0.25) is 9.80 Å². The minimum atomic E-state index is -0.960. The molecule has 0 aliphatic carbocycles. The first-order valence-electron chi connectivity index (χ1n) is 32.2. The molecule has 0 N–H and O–H groups in total. The monoisotopic (exact) mass is 1450 g/mol. The van der Waals surface area contributed by atoms with Crippen LogP contribution in [-0.2, 0) is 104 Å². The molecule has 98 heavy (non-hydrogen) atoms. The Morgan fingerprint density at radius 3 is 0.490 bits per heavy atom. The number of nitrogens with zero attached hydrogens (tertiary/aromatic N) is 2. The highest BCUT2D eigenvalue weighted by atomic mass is 32.2. The second-order valence-corrected chi connectivity index (χ2v) is 21.4. The number of ether oxygens (including phenoxy) is 22. The molecular formula is C64H106N2O30S2. The summed E-state index contributed by atoms with van der Waals surface area (Å²) in [6.07, 6.45) is 9.49. The lowest BCUT2D eigenvalue weighted by molar-refractivity contribution is 0.0207. The highest BCUT2D eigenvalue weighted by Crippen LogP contribution is 2.06. The summed E-state index contributed by atoms with van der Waals surface area (Å²) in [7, 11) is 0. The number of hydrogen-bond donors (Lipinski definition) is 0. The molecule has 0 heterocycles. The van der Waals surface area contributed by atoms with E-state index < -0.39 is 49.2 Å². The second kappa shape index (κ2) is 74.8. The molecule has 0 aromatic carbocycles. The molecule has 0 spiro atoms. The van der Waals surface area contributed by atoms with E-state index in [1.807, 2.05) is 0 Å². The quantitative estimate of drug-likeness (QED) is 0.0236. The molecular weight excluding hydrogens is 1340 g/mol. The fourth-order valence-electron chi connectivity index (χ4n) is 6.65. The molecule has 0 aliphatic heterocycles. The average Bonchev–Trinajstić information content (AvgIpc) is 2.71. The number of carbonyl (C=O) groups is 8. The van der Waals surface area contributed by atoms with Crippen LogP contribution in [0.4, 0.5) is 38.4 Å². The second-order valence-electron chi connectivity index (χ2n) is 19.0. The van der Waals surface area contributed by atoms with E-state index in [-0.39, 0.29) is 145 Å². The van der Waals surface area contributed by atoms with Gasteiger partial charge in [0.15, 0.2) is 0 Å². The number of unbranched alkanes of at least 4 members (excludes halogenated alkanes) is 6. The molecule has 0 amide bonds. The Kier molecular flexibility index (Phi) is 70.3. The van der Waals surface area contributed by atoms with E-state index in [0.717, 1.165) is 12.8 Å². The van der Waals surface area contributed by atoms with Crippen molar-refractivity contribution in [3.05, 3.63) is 77.0 Å². The summed E-state index contributed by atoms with van der Waals surface area (Å²) < 4.78 is 111. The summed E-state index contributed by atoms with van der Waals surface area (Å²) in [4.78, 5) is 98.3. The molecule has 0 aromatic heterocycles. The van der Waals surface area contributed by atoms with Crippen molar-refractivity contribution in [2.45, 2.75) is 77.0 Å². The molecule has 0 unspecified atom stereocenters. The smallest absolute Gasteiger partial charge is 0.502 e. The standard InChI is InChI=1S/C41H68N2O19.C23H38O11S2/c1-5-49-23-9-13-27-53-37(44)57-31-17-42(18-32-58-38(45)54-28-14-10-24-50-6-2)21-35-61-41(48)62-36-22-43(19-33-59-39(46)55-29-15-11-25-51-7-3)20-34-60-40(47)56-30-16-12-26-52-8-4;1-3-27-9-5-7-11-29-21(24)31-13-17-35-19-15-33-23(26)34-16-20-36-18-14-32-22(25)30-12-8-6-10-28-4-2/h5-8H,1-4,9-36H2;3-4H,1-2,5-20H2. The summed E-state index contributed by atoms with van der Waals surface area (Å²) in [5.74, 6) is 2.19. The largest absolute Gasteiger partial charge is 0.508 e. The van der Waals surface area contributed by atoms with Crippen LogP contribution in [0.25, 0.3) is 0 Å². The van der Waals surface area contributed by atoms with E-state index in [1.165, 1.54) is 61.1 Å². The minimum Gasteiger partial charge on any atom is -0.502 e. The molecule has 0 saturated carbocycles. The number of carbonyl (C=O) groups excluding carboxylic acids is 8. The molecule has 0 radical (unpaired) electrons. The lowest BCUT2D eigenvalue weighted by atomic mass is 10.3. The highest BCUT2D eigenvalue weighted by Gasteiger charge is 2.16. The molecule has 0 fully saturated rings. The van der Waals surface area contributed by atoms with Gasteiger partial charge in [0.05, 0.1) is 117 Å². The van der Waals surface area contributed by atoms with E-state index in [9.17, 15) is 38.4 Å². The summed E-state index contributed by atoms with van der Waals surface area (Å²) in [6.45, 7) is 26.2. The third-order valence-corrected chi connectivity index (χ3v) is 13.3. The Bertz CT molecular complexity index is 1850. The van der Waals surface area contributed by atoms with Crippen LogP contribution in [0.1, 0.15) is 77.0 Å². The van der Waals surface area contributed by atoms with Crippen LogP contribution in [0, 0.1) is 0 Å². The molecule has 34 heteroatoms. The Balaban J connectivity index is 0. The Morgan fingerprint density at radius 2 is 0.337 bits per heavy atom. The van der Waals surface area contributed by atoms with Crippen molar-refractivity contribution in [3.63, 3.8) is 0 Å². The molecule has 0 saturated heterocycles. The average molecular weight is 1450 g/mol. The van der Waals surface area contributed by atoms with E-state index in [1.54, 1.807) is 9.80 Å². The van der Waals surface area contributed by atoms with Gasteiger partial charge < -0.3 is 104 Å². The van der Waals surface area contributed by atoms with Crippen LogP contribution in [0.15, 0.2) is 77.0 Å². The summed E-state index contributed by atoms with van der Waals surface area (Å²) in [6, 6.07) is 0.